The summed E-state index contributed by atoms with van der Waals surface area (Å²) in [5.74, 6) is 0.301. The van der Waals surface area contributed by atoms with Gasteiger partial charge in [0.25, 0.3) is 5.91 Å². The summed E-state index contributed by atoms with van der Waals surface area (Å²) < 4.78 is 1.65. The number of nitrogens with one attached hydrogen (secondary N) is 1. The second-order valence-electron chi connectivity index (χ2n) is 6.52. The molecule has 5 nitrogen and oxygen atoms in total. The van der Waals surface area contributed by atoms with Gasteiger partial charge in [-0.05, 0) is 36.0 Å². The van der Waals surface area contributed by atoms with Crippen molar-refractivity contribution >= 4 is 11.8 Å². The number of hydrogen-bond donors (Lipinski definition) is 2. The second-order valence-corrected chi connectivity index (χ2v) is 6.52. The van der Waals surface area contributed by atoms with Crippen LogP contribution in [-0.2, 0) is 13.5 Å². The third kappa shape index (κ3) is 2.23. The molecule has 3 atom stereocenters. The Labute approximate surface area is 134 Å². The van der Waals surface area contributed by atoms with E-state index in [2.05, 4.69) is 29.6 Å². The summed E-state index contributed by atoms with van der Waals surface area (Å²) in [6.07, 6.45) is 3.79. The van der Waals surface area contributed by atoms with Gasteiger partial charge in [0, 0.05) is 25.2 Å². The Kier molecular flexibility index (Phi) is 3.04. The Balaban J connectivity index is 1.52. The maximum atomic E-state index is 12.5. The van der Waals surface area contributed by atoms with Gasteiger partial charge in [0.2, 0.25) is 5.91 Å². The summed E-state index contributed by atoms with van der Waals surface area (Å²) in [6, 6.07) is 10.2. The molecule has 0 spiro atoms. The monoisotopic (exact) mass is 309 g/mol. The van der Waals surface area contributed by atoms with Crippen LogP contribution in [0.5, 0.6) is 0 Å². The standard InChI is InChI=1S/C18H19N3O2/c1-21-9-11(17(19)22)8-14(21)18(23)20-16-13-7-6-10-4-2-3-5-12(10)15(13)16/h2-5,8-9,13,15-16H,6-7H2,1H3,(H2,19,22)(H,20,23)/t13-,15-,16-/m1/s1. The van der Waals surface area contributed by atoms with Gasteiger partial charge in [-0.3, -0.25) is 9.59 Å². The molecule has 0 bridgehead atoms. The lowest BCUT2D eigenvalue weighted by Crippen LogP contribution is -2.29. The number of nitrogens with two attached hydrogens (primary N) is 1. The van der Waals surface area contributed by atoms with Crippen LogP contribution < -0.4 is 11.1 Å². The maximum absolute atomic E-state index is 12.5. The molecular weight excluding hydrogens is 290 g/mol. The van der Waals surface area contributed by atoms with Crippen molar-refractivity contribution in [1.82, 2.24) is 9.88 Å². The van der Waals surface area contributed by atoms with Crippen molar-refractivity contribution in [2.45, 2.75) is 24.8 Å². The lowest BCUT2D eigenvalue weighted by molar-refractivity contribution is 0.0940. The molecule has 2 amide bonds. The first-order chi connectivity index (χ1) is 11.1. The Morgan fingerprint density at radius 3 is 2.83 bits per heavy atom. The van der Waals surface area contributed by atoms with Gasteiger partial charge in [-0.25, -0.2) is 0 Å². The quantitative estimate of drug-likeness (QED) is 0.903. The molecule has 4 rings (SSSR count). The van der Waals surface area contributed by atoms with Crippen molar-refractivity contribution in [2.75, 3.05) is 0 Å². The Bertz CT molecular complexity index is 808. The van der Waals surface area contributed by atoms with E-state index in [4.69, 9.17) is 5.73 Å². The highest BCUT2D eigenvalue weighted by Gasteiger charge is 2.53. The minimum absolute atomic E-state index is 0.142. The number of aryl methyl sites for hydroxylation is 2. The first-order valence-corrected chi connectivity index (χ1v) is 7.91. The van der Waals surface area contributed by atoms with Crippen molar-refractivity contribution in [3.05, 3.63) is 58.9 Å². The number of fused-ring (bicyclic) bond motifs is 3. The van der Waals surface area contributed by atoms with E-state index in [-0.39, 0.29) is 11.9 Å². The highest BCUT2D eigenvalue weighted by Crippen LogP contribution is 2.54. The van der Waals surface area contributed by atoms with Gasteiger partial charge in [0.05, 0.1) is 5.56 Å². The molecule has 118 valence electrons. The highest BCUT2D eigenvalue weighted by molar-refractivity contribution is 5.99. The van der Waals surface area contributed by atoms with Gasteiger partial charge in [0.1, 0.15) is 5.69 Å². The van der Waals surface area contributed by atoms with Crippen molar-refractivity contribution in [3.8, 4) is 0 Å². The van der Waals surface area contributed by atoms with E-state index in [1.807, 2.05) is 0 Å². The Morgan fingerprint density at radius 1 is 1.30 bits per heavy atom. The van der Waals surface area contributed by atoms with E-state index in [9.17, 15) is 9.59 Å². The average Bonchev–Trinajstić information content (AvgIpc) is 3.09. The number of benzene rings is 1. The van der Waals surface area contributed by atoms with Gasteiger partial charge < -0.3 is 15.6 Å². The summed E-state index contributed by atoms with van der Waals surface area (Å²) >= 11 is 0. The fourth-order valence-electron chi connectivity index (χ4n) is 3.91. The van der Waals surface area contributed by atoms with Crippen molar-refractivity contribution in [1.29, 1.82) is 0 Å². The zero-order chi connectivity index (χ0) is 16.1. The zero-order valence-electron chi connectivity index (χ0n) is 13.0. The lowest BCUT2D eigenvalue weighted by atomic mass is 9.92. The summed E-state index contributed by atoms with van der Waals surface area (Å²) in [5, 5.41) is 3.13. The van der Waals surface area contributed by atoms with Crippen LogP contribution in [0.2, 0.25) is 0 Å². The van der Waals surface area contributed by atoms with Gasteiger partial charge in [-0.15, -0.1) is 0 Å². The molecule has 1 aromatic carbocycles. The number of carbonyl (C=O) groups excluding carboxylic acids is 2. The van der Waals surface area contributed by atoms with Gasteiger partial charge >= 0.3 is 0 Å². The third-order valence-corrected chi connectivity index (χ3v) is 5.15. The third-order valence-electron chi connectivity index (χ3n) is 5.15. The molecule has 1 saturated carbocycles. The van der Waals surface area contributed by atoms with Crippen LogP contribution in [0.1, 0.15) is 44.3 Å². The smallest absolute Gasteiger partial charge is 0.268 e. The molecule has 0 unspecified atom stereocenters. The van der Waals surface area contributed by atoms with Crippen LogP contribution >= 0.6 is 0 Å². The molecule has 0 aliphatic heterocycles. The van der Waals surface area contributed by atoms with E-state index >= 15 is 0 Å². The molecule has 2 aliphatic rings. The van der Waals surface area contributed by atoms with E-state index in [1.165, 1.54) is 11.1 Å². The summed E-state index contributed by atoms with van der Waals surface area (Å²) in [5.41, 5.74) is 8.88. The maximum Gasteiger partial charge on any atom is 0.268 e. The van der Waals surface area contributed by atoms with Crippen molar-refractivity contribution in [3.63, 3.8) is 0 Å². The first kappa shape index (κ1) is 14.1. The molecular formula is C18H19N3O2. The minimum atomic E-state index is -0.520. The lowest BCUT2D eigenvalue weighted by Gasteiger charge is -2.13. The number of carbonyl (C=O) groups is 2. The molecule has 2 aromatic rings. The first-order valence-electron chi connectivity index (χ1n) is 7.91. The number of primary amides is 1. The molecule has 1 aromatic heterocycles. The molecule has 0 saturated heterocycles. The van der Waals surface area contributed by atoms with Crippen LogP contribution in [0.25, 0.3) is 0 Å². The fraction of sp³-hybridized carbons (Fsp3) is 0.333. The largest absolute Gasteiger partial charge is 0.366 e. The molecule has 23 heavy (non-hydrogen) atoms. The summed E-state index contributed by atoms with van der Waals surface area (Å²) in [6.45, 7) is 0. The number of aromatic nitrogens is 1. The molecule has 5 heteroatoms. The normalized spacial score (nSPS) is 24.5. The van der Waals surface area contributed by atoms with Gasteiger partial charge in [0.15, 0.2) is 0 Å². The number of rotatable bonds is 3. The fourth-order valence-corrected chi connectivity index (χ4v) is 3.91. The Hall–Kier alpha value is -2.56. The minimum Gasteiger partial charge on any atom is -0.366 e. The number of nitrogens with zero attached hydrogens (tertiary/aromatic N) is 1. The summed E-state index contributed by atoms with van der Waals surface area (Å²) in [4.78, 5) is 23.8. The van der Waals surface area contributed by atoms with E-state index in [0.717, 1.165) is 12.8 Å². The van der Waals surface area contributed by atoms with Crippen LogP contribution in [0.15, 0.2) is 36.5 Å². The van der Waals surface area contributed by atoms with Gasteiger partial charge in [-0.1, -0.05) is 24.3 Å². The molecule has 0 radical (unpaired) electrons. The predicted molar refractivity (Wildman–Crippen MR) is 86.2 cm³/mol. The van der Waals surface area contributed by atoms with Crippen LogP contribution in [0, 0.1) is 5.92 Å². The highest BCUT2D eigenvalue weighted by atomic mass is 16.2. The van der Waals surface area contributed by atoms with E-state index in [0.29, 0.717) is 23.1 Å². The Morgan fingerprint density at radius 2 is 2.09 bits per heavy atom. The predicted octanol–water partition coefficient (Wildman–Crippen LogP) is 1.58. The van der Waals surface area contributed by atoms with Crippen LogP contribution in [0.3, 0.4) is 0 Å². The summed E-state index contributed by atoms with van der Waals surface area (Å²) in [7, 11) is 1.75. The number of amides is 2. The molecule has 3 N–H and O–H groups in total. The van der Waals surface area contributed by atoms with Gasteiger partial charge in [-0.2, -0.15) is 0 Å². The van der Waals surface area contributed by atoms with Crippen molar-refractivity contribution < 1.29 is 9.59 Å². The SMILES string of the molecule is Cn1cc(C(N)=O)cc1C(=O)N[C@@H]1[C@@H]2CCc3ccccc3[C@H]21. The van der Waals surface area contributed by atoms with Crippen LogP contribution in [-0.4, -0.2) is 22.4 Å². The molecule has 2 aliphatic carbocycles. The number of hydrogen-bond acceptors (Lipinski definition) is 2. The average molecular weight is 309 g/mol. The topological polar surface area (TPSA) is 77.1 Å². The zero-order valence-corrected chi connectivity index (χ0v) is 13.0. The van der Waals surface area contributed by atoms with Crippen LogP contribution in [0.4, 0.5) is 0 Å². The van der Waals surface area contributed by atoms with Crippen molar-refractivity contribution in [2.24, 2.45) is 18.7 Å². The van der Waals surface area contributed by atoms with E-state index < -0.39 is 5.91 Å². The van der Waals surface area contributed by atoms with E-state index in [1.54, 1.807) is 23.9 Å². The molecule has 1 fully saturated rings. The second kappa shape index (κ2) is 4.98. The molecule has 1 heterocycles.